The molecular formula is C13H14FNO. The minimum atomic E-state index is -0.479. The van der Waals surface area contributed by atoms with Crippen molar-refractivity contribution in [2.24, 2.45) is 0 Å². The largest absolute Gasteiger partial charge is 0.494 e. The third-order valence-electron chi connectivity index (χ3n) is 3.38. The highest BCUT2D eigenvalue weighted by Gasteiger charge is 2.36. The maximum atomic E-state index is 13.6. The van der Waals surface area contributed by atoms with Crippen LogP contribution in [0.3, 0.4) is 0 Å². The van der Waals surface area contributed by atoms with Crippen LogP contribution in [0.15, 0.2) is 18.2 Å². The number of ether oxygens (including phenoxy) is 1. The molecule has 0 heterocycles. The van der Waals surface area contributed by atoms with Crippen LogP contribution in [0, 0.1) is 17.1 Å². The van der Waals surface area contributed by atoms with Crippen molar-refractivity contribution in [3.05, 3.63) is 29.6 Å². The van der Waals surface area contributed by atoms with Gasteiger partial charge in [0.05, 0.1) is 18.6 Å². The minimum Gasteiger partial charge on any atom is -0.494 e. The first kappa shape index (κ1) is 10.9. The molecule has 16 heavy (non-hydrogen) atoms. The van der Waals surface area contributed by atoms with Gasteiger partial charge in [-0.25, -0.2) is 4.39 Å². The van der Waals surface area contributed by atoms with Crippen molar-refractivity contribution in [2.45, 2.75) is 31.1 Å². The van der Waals surface area contributed by atoms with Crippen LogP contribution in [-0.2, 0) is 5.41 Å². The second kappa shape index (κ2) is 4.13. The van der Waals surface area contributed by atoms with Gasteiger partial charge in [0.15, 0.2) is 11.6 Å². The van der Waals surface area contributed by atoms with Crippen LogP contribution >= 0.6 is 0 Å². The number of halogens is 1. The summed E-state index contributed by atoms with van der Waals surface area (Å²) in [5.41, 5.74) is 0.304. The fourth-order valence-corrected chi connectivity index (χ4v) is 2.41. The lowest BCUT2D eigenvalue weighted by molar-refractivity contribution is 0.385. The summed E-state index contributed by atoms with van der Waals surface area (Å²) >= 11 is 0. The Hall–Kier alpha value is -1.56. The van der Waals surface area contributed by atoms with E-state index in [2.05, 4.69) is 6.07 Å². The van der Waals surface area contributed by atoms with Crippen LogP contribution in [0.4, 0.5) is 4.39 Å². The van der Waals surface area contributed by atoms with E-state index in [0.29, 0.717) is 0 Å². The fourth-order valence-electron chi connectivity index (χ4n) is 2.41. The molecule has 0 aromatic heterocycles. The Morgan fingerprint density at radius 2 is 2.06 bits per heavy atom. The zero-order chi connectivity index (χ0) is 11.6. The zero-order valence-corrected chi connectivity index (χ0v) is 9.29. The Balaban J connectivity index is 2.41. The minimum absolute atomic E-state index is 0.231. The smallest absolute Gasteiger partial charge is 0.165 e. The van der Waals surface area contributed by atoms with E-state index >= 15 is 0 Å². The van der Waals surface area contributed by atoms with Gasteiger partial charge in [0.2, 0.25) is 0 Å². The second-order valence-electron chi connectivity index (χ2n) is 4.25. The van der Waals surface area contributed by atoms with Crippen molar-refractivity contribution in [1.29, 1.82) is 5.26 Å². The molecule has 0 unspecified atom stereocenters. The van der Waals surface area contributed by atoms with Crippen LogP contribution in [0.1, 0.15) is 31.2 Å². The summed E-state index contributed by atoms with van der Waals surface area (Å²) in [6.45, 7) is 0. The summed E-state index contributed by atoms with van der Waals surface area (Å²) in [4.78, 5) is 0. The molecule has 1 aromatic carbocycles. The molecule has 1 saturated carbocycles. The summed E-state index contributed by atoms with van der Waals surface area (Å²) in [6.07, 6.45) is 3.74. The first-order valence-electron chi connectivity index (χ1n) is 5.47. The number of methoxy groups -OCH3 is 1. The molecule has 0 aliphatic heterocycles. The SMILES string of the molecule is COc1ccc(C2(C#N)CCCC2)cc1F. The number of hydrogen-bond acceptors (Lipinski definition) is 2. The molecule has 1 aromatic rings. The van der Waals surface area contributed by atoms with Crippen LogP contribution in [-0.4, -0.2) is 7.11 Å². The van der Waals surface area contributed by atoms with Gasteiger partial charge < -0.3 is 4.74 Å². The summed E-state index contributed by atoms with van der Waals surface area (Å²) in [5, 5.41) is 9.28. The molecule has 2 nitrogen and oxygen atoms in total. The average Bonchev–Trinajstić information content (AvgIpc) is 2.78. The second-order valence-corrected chi connectivity index (χ2v) is 4.25. The first-order valence-corrected chi connectivity index (χ1v) is 5.47. The van der Waals surface area contributed by atoms with Gasteiger partial charge in [-0.15, -0.1) is 0 Å². The Labute approximate surface area is 94.7 Å². The lowest BCUT2D eigenvalue weighted by Gasteiger charge is -2.21. The zero-order valence-electron chi connectivity index (χ0n) is 9.29. The molecule has 2 rings (SSSR count). The van der Waals surface area contributed by atoms with Crippen molar-refractivity contribution in [3.8, 4) is 11.8 Å². The number of nitrogens with zero attached hydrogens (tertiary/aromatic N) is 1. The molecule has 0 spiro atoms. The highest BCUT2D eigenvalue weighted by molar-refractivity contribution is 5.38. The topological polar surface area (TPSA) is 33.0 Å². The Morgan fingerprint density at radius 1 is 1.38 bits per heavy atom. The number of benzene rings is 1. The van der Waals surface area contributed by atoms with Gasteiger partial charge in [0, 0.05) is 0 Å². The van der Waals surface area contributed by atoms with Gasteiger partial charge in [-0.2, -0.15) is 5.26 Å². The average molecular weight is 219 g/mol. The van der Waals surface area contributed by atoms with Gasteiger partial charge in [0.25, 0.3) is 0 Å². The standard InChI is InChI=1S/C13H14FNO/c1-16-12-5-4-10(8-11(12)14)13(9-15)6-2-3-7-13/h4-5,8H,2-3,6-7H2,1H3. The van der Waals surface area contributed by atoms with Crippen LogP contribution in [0.5, 0.6) is 5.75 Å². The van der Waals surface area contributed by atoms with Gasteiger partial charge in [0.1, 0.15) is 0 Å². The first-order chi connectivity index (χ1) is 7.72. The number of nitriles is 1. The highest BCUT2D eigenvalue weighted by atomic mass is 19.1. The van der Waals surface area contributed by atoms with Crippen molar-refractivity contribution in [2.75, 3.05) is 7.11 Å². The van der Waals surface area contributed by atoms with Gasteiger partial charge >= 0.3 is 0 Å². The third kappa shape index (κ3) is 1.65. The van der Waals surface area contributed by atoms with E-state index in [4.69, 9.17) is 4.74 Å². The Bertz CT molecular complexity index is 430. The summed E-state index contributed by atoms with van der Waals surface area (Å²) in [6, 6.07) is 7.19. The molecule has 0 atom stereocenters. The van der Waals surface area contributed by atoms with Crippen LogP contribution in [0.25, 0.3) is 0 Å². The number of rotatable bonds is 2. The van der Waals surface area contributed by atoms with Crippen molar-refractivity contribution in [3.63, 3.8) is 0 Å². The maximum Gasteiger partial charge on any atom is 0.165 e. The fraction of sp³-hybridized carbons (Fsp3) is 0.462. The van der Waals surface area contributed by atoms with E-state index in [1.807, 2.05) is 0 Å². The highest BCUT2D eigenvalue weighted by Crippen LogP contribution is 2.41. The summed E-state index contributed by atoms with van der Waals surface area (Å²) in [7, 11) is 1.44. The van der Waals surface area contributed by atoms with Crippen molar-refractivity contribution >= 4 is 0 Å². The monoisotopic (exact) mass is 219 g/mol. The molecule has 0 saturated heterocycles. The molecule has 0 radical (unpaired) electrons. The molecule has 0 bridgehead atoms. The molecule has 84 valence electrons. The van der Waals surface area contributed by atoms with Gasteiger partial charge in [-0.05, 0) is 30.5 Å². The van der Waals surface area contributed by atoms with Crippen molar-refractivity contribution < 1.29 is 9.13 Å². The van der Waals surface area contributed by atoms with Crippen LogP contribution in [0.2, 0.25) is 0 Å². The van der Waals surface area contributed by atoms with E-state index in [0.717, 1.165) is 31.2 Å². The van der Waals surface area contributed by atoms with Crippen molar-refractivity contribution in [1.82, 2.24) is 0 Å². The molecular weight excluding hydrogens is 205 g/mol. The van der Waals surface area contributed by atoms with E-state index in [1.165, 1.54) is 13.2 Å². The summed E-state index contributed by atoms with van der Waals surface area (Å²) in [5.74, 6) is -0.156. The molecule has 0 N–H and O–H groups in total. The molecule has 1 fully saturated rings. The Kier molecular flexibility index (Phi) is 2.82. The predicted molar refractivity (Wildman–Crippen MR) is 58.7 cm³/mol. The maximum absolute atomic E-state index is 13.6. The molecule has 1 aliphatic carbocycles. The lowest BCUT2D eigenvalue weighted by atomic mass is 9.80. The molecule has 1 aliphatic rings. The van der Waals surface area contributed by atoms with E-state index in [9.17, 15) is 9.65 Å². The number of hydrogen-bond donors (Lipinski definition) is 0. The molecule has 3 heteroatoms. The Morgan fingerprint density at radius 3 is 2.56 bits per heavy atom. The predicted octanol–water partition coefficient (Wildman–Crippen LogP) is 3.17. The van der Waals surface area contributed by atoms with Gasteiger partial charge in [-0.1, -0.05) is 18.9 Å². The quantitative estimate of drug-likeness (QED) is 0.765. The third-order valence-corrected chi connectivity index (χ3v) is 3.38. The summed E-state index contributed by atoms with van der Waals surface area (Å²) < 4.78 is 18.4. The van der Waals surface area contributed by atoms with Crippen LogP contribution < -0.4 is 4.74 Å². The molecule has 0 amide bonds. The van der Waals surface area contributed by atoms with E-state index in [-0.39, 0.29) is 11.6 Å². The normalized spacial score (nSPS) is 18.1. The van der Waals surface area contributed by atoms with E-state index < -0.39 is 5.41 Å². The van der Waals surface area contributed by atoms with E-state index in [1.54, 1.807) is 12.1 Å². The van der Waals surface area contributed by atoms with Gasteiger partial charge in [-0.3, -0.25) is 0 Å². The lowest BCUT2D eigenvalue weighted by Crippen LogP contribution is -2.19.